The normalized spacial score (nSPS) is 15.3. The Kier molecular flexibility index (Phi) is 25.4. The standard InChI is InChI=1S/C7H10O2.C6H10O3.C6H8O2.C5H3ClO2S.C5H4O3.C5H4O2S.C5H8O2/c8-7(9)6-4-2-1-3-5-6;7-6(8)5-1-3-9-4-2-5;7-6(8)5-3-1-2-4-5;6-4-1-3(2-9-4)5(7)8;6-5(7)4-1-2-8-3-4;6-5(7)4-2-1-3-8-4;6-5(7)4-2-1-3-4/h4H,1-3,5H2,(H,8,9);5H,1-4H2,(H,7,8);3H,1-2,4H2,(H,7,8);1-2H,(H,7,8);2*1-3H,(H,6,7);4H,1-3H2,(H,6,7). The fraction of sp³-hybridized carbons (Fsp3) is 0.410. The summed E-state index contributed by atoms with van der Waals surface area (Å²) in [5.74, 6) is -5.68. The number of halogens is 1. The summed E-state index contributed by atoms with van der Waals surface area (Å²) in [5, 5.41) is 61.6. The van der Waals surface area contributed by atoms with Gasteiger partial charge in [0.2, 0.25) is 0 Å². The van der Waals surface area contributed by atoms with Gasteiger partial charge >= 0.3 is 41.8 Å². The lowest BCUT2D eigenvalue weighted by atomic mass is 9.86. The quantitative estimate of drug-likeness (QED) is 0.117. The van der Waals surface area contributed by atoms with E-state index in [1.165, 1.54) is 52.7 Å². The van der Waals surface area contributed by atoms with Crippen molar-refractivity contribution in [1.29, 1.82) is 0 Å². The van der Waals surface area contributed by atoms with Gasteiger partial charge in [0.05, 0.1) is 33.6 Å². The number of hydrogen-bond acceptors (Lipinski definition) is 11. The van der Waals surface area contributed by atoms with Crippen molar-refractivity contribution < 1.29 is 78.5 Å². The van der Waals surface area contributed by atoms with Gasteiger partial charge in [-0.1, -0.05) is 36.2 Å². The van der Waals surface area contributed by atoms with Crippen molar-refractivity contribution in [3.8, 4) is 0 Å². The van der Waals surface area contributed by atoms with Crippen LogP contribution in [-0.2, 0) is 23.9 Å². The van der Waals surface area contributed by atoms with E-state index < -0.39 is 41.8 Å². The lowest BCUT2D eigenvalue weighted by Gasteiger charge is -2.19. The van der Waals surface area contributed by atoms with Crippen LogP contribution in [0, 0.1) is 11.8 Å². The molecule has 0 amide bonds. The second kappa shape index (κ2) is 29.0. The van der Waals surface area contributed by atoms with Crippen LogP contribution < -0.4 is 0 Å². The third-order valence-electron chi connectivity index (χ3n) is 8.22. The molecule has 0 spiro atoms. The second-order valence-corrected chi connectivity index (χ2v) is 14.9. The molecule has 1 saturated carbocycles. The van der Waals surface area contributed by atoms with Crippen molar-refractivity contribution in [2.75, 3.05) is 13.2 Å². The molecule has 19 heteroatoms. The van der Waals surface area contributed by atoms with Crippen molar-refractivity contribution in [3.63, 3.8) is 0 Å². The van der Waals surface area contributed by atoms with Gasteiger partial charge in [-0.2, -0.15) is 0 Å². The molecule has 16 nitrogen and oxygen atoms in total. The molecule has 318 valence electrons. The first kappa shape index (κ1) is 50.7. The molecular weight excluding hydrogens is 824 g/mol. The van der Waals surface area contributed by atoms with Crippen LogP contribution >= 0.6 is 34.3 Å². The lowest BCUT2D eigenvalue weighted by molar-refractivity contribution is -0.145. The van der Waals surface area contributed by atoms with Gasteiger partial charge < -0.3 is 44.9 Å². The molecule has 2 fully saturated rings. The number of carboxylic acids is 7. The van der Waals surface area contributed by atoms with E-state index in [1.54, 1.807) is 23.6 Å². The van der Waals surface area contributed by atoms with Crippen LogP contribution in [0.3, 0.4) is 0 Å². The molecule has 1 saturated heterocycles. The van der Waals surface area contributed by atoms with E-state index in [4.69, 9.17) is 52.1 Å². The van der Waals surface area contributed by atoms with E-state index in [1.807, 2.05) is 6.08 Å². The molecule has 0 radical (unpaired) electrons. The zero-order valence-electron chi connectivity index (χ0n) is 31.3. The number of hydrogen-bond donors (Lipinski definition) is 7. The van der Waals surface area contributed by atoms with E-state index in [0.717, 1.165) is 64.2 Å². The molecule has 3 aromatic heterocycles. The van der Waals surface area contributed by atoms with Gasteiger partial charge in [-0.15, -0.1) is 22.7 Å². The Morgan fingerprint density at radius 1 is 0.621 bits per heavy atom. The minimum absolute atomic E-state index is 0.000000000000000444. The largest absolute Gasteiger partial charge is 0.481 e. The van der Waals surface area contributed by atoms with Gasteiger partial charge in [-0.3, -0.25) is 9.59 Å². The van der Waals surface area contributed by atoms with Crippen molar-refractivity contribution >= 4 is 76.1 Å². The summed E-state index contributed by atoms with van der Waals surface area (Å²) in [6.07, 6.45) is 17.0. The summed E-state index contributed by atoms with van der Waals surface area (Å²) >= 11 is 7.91. The Balaban J connectivity index is 0.000000339. The van der Waals surface area contributed by atoms with Crippen LogP contribution in [0.4, 0.5) is 0 Å². The molecule has 4 heterocycles. The maximum Gasteiger partial charge on any atom is 0.345 e. The fourth-order valence-corrected chi connectivity index (χ4v) is 6.12. The van der Waals surface area contributed by atoms with Gasteiger partial charge in [-0.05, 0) is 94.2 Å². The Morgan fingerprint density at radius 2 is 1.17 bits per heavy atom. The molecule has 4 aliphatic rings. The molecule has 0 bridgehead atoms. The number of aromatic carboxylic acids is 3. The fourth-order valence-electron chi connectivity index (χ4n) is 4.71. The Labute approximate surface area is 346 Å². The Morgan fingerprint density at radius 3 is 1.41 bits per heavy atom. The summed E-state index contributed by atoms with van der Waals surface area (Å²) in [5.41, 5.74) is 1.63. The highest BCUT2D eigenvalue weighted by molar-refractivity contribution is 7.14. The minimum Gasteiger partial charge on any atom is -0.481 e. The molecule has 7 rings (SSSR count). The van der Waals surface area contributed by atoms with Gasteiger partial charge in [0.15, 0.2) is 0 Å². The first-order valence-electron chi connectivity index (χ1n) is 17.9. The van der Waals surface area contributed by atoms with E-state index in [-0.39, 0.29) is 23.0 Å². The molecular formula is C39H47ClO16S2. The third-order valence-corrected chi connectivity index (χ3v) is 10.2. The Hall–Kier alpha value is -5.30. The van der Waals surface area contributed by atoms with E-state index >= 15 is 0 Å². The van der Waals surface area contributed by atoms with Crippen LogP contribution in [0.1, 0.15) is 107 Å². The Bertz CT molecular complexity index is 1740. The zero-order valence-corrected chi connectivity index (χ0v) is 33.7. The molecule has 0 unspecified atom stereocenters. The number of furan rings is 1. The van der Waals surface area contributed by atoms with Crippen LogP contribution in [0.5, 0.6) is 0 Å². The van der Waals surface area contributed by atoms with Gasteiger partial charge in [0.25, 0.3) is 0 Å². The highest BCUT2D eigenvalue weighted by atomic mass is 35.5. The van der Waals surface area contributed by atoms with Gasteiger partial charge in [-0.25, -0.2) is 24.0 Å². The predicted molar refractivity (Wildman–Crippen MR) is 213 cm³/mol. The molecule has 3 aliphatic carbocycles. The highest BCUT2D eigenvalue weighted by Gasteiger charge is 2.24. The number of carboxylic acid groups (broad SMARTS) is 7. The van der Waals surface area contributed by atoms with Crippen molar-refractivity contribution in [2.24, 2.45) is 11.8 Å². The molecule has 1 aliphatic heterocycles. The number of ether oxygens (including phenoxy) is 1. The molecule has 3 aromatic rings. The van der Waals surface area contributed by atoms with E-state index in [9.17, 15) is 33.6 Å². The topological polar surface area (TPSA) is 283 Å². The van der Waals surface area contributed by atoms with Crippen LogP contribution in [0.2, 0.25) is 4.34 Å². The van der Waals surface area contributed by atoms with E-state index in [0.29, 0.717) is 46.4 Å². The number of carbonyl (C=O) groups is 7. The number of rotatable bonds is 7. The van der Waals surface area contributed by atoms with Crippen molar-refractivity contribution in [3.05, 3.63) is 91.2 Å². The number of thiophene rings is 2. The lowest BCUT2D eigenvalue weighted by Crippen LogP contribution is -2.22. The average molecular weight is 871 g/mol. The second-order valence-electron chi connectivity index (χ2n) is 12.4. The smallest absolute Gasteiger partial charge is 0.345 e. The molecule has 7 N–H and O–H groups in total. The summed E-state index contributed by atoms with van der Waals surface area (Å²) < 4.78 is 9.99. The highest BCUT2D eigenvalue weighted by Crippen LogP contribution is 2.26. The summed E-state index contributed by atoms with van der Waals surface area (Å²) in [4.78, 5) is 71.3. The number of aliphatic carboxylic acids is 4. The van der Waals surface area contributed by atoms with Gasteiger partial charge in [0, 0.05) is 29.7 Å². The van der Waals surface area contributed by atoms with Gasteiger partial charge in [0.1, 0.15) is 11.1 Å². The minimum atomic E-state index is -0.959. The van der Waals surface area contributed by atoms with Crippen molar-refractivity contribution in [1.82, 2.24) is 0 Å². The molecule has 0 aromatic carbocycles. The maximum atomic E-state index is 10.3. The summed E-state index contributed by atoms with van der Waals surface area (Å²) in [6, 6.07) is 6.11. The summed E-state index contributed by atoms with van der Waals surface area (Å²) in [7, 11) is 0. The van der Waals surface area contributed by atoms with Crippen LogP contribution in [-0.4, -0.2) is 90.7 Å². The first-order chi connectivity index (χ1) is 27.5. The molecule has 58 heavy (non-hydrogen) atoms. The van der Waals surface area contributed by atoms with Crippen LogP contribution in [0.15, 0.2) is 75.3 Å². The zero-order chi connectivity index (χ0) is 43.5. The predicted octanol–water partition coefficient (Wildman–Crippen LogP) is 8.65. The first-order valence-corrected chi connectivity index (χ1v) is 20.0. The maximum absolute atomic E-state index is 10.3. The molecule has 0 atom stereocenters. The monoisotopic (exact) mass is 870 g/mol. The summed E-state index contributed by atoms with van der Waals surface area (Å²) in [6.45, 7) is 1.22. The number of allylic oxidation sites excluding steroid dienone is 2. The van der Waals surface area contributed by atoms with E-state index in [2.05, 4.69) is 4.42 Å². The van der Waals surface area contributed by atoms with Crippen molar-refractivity contribution in [2.45, 2.75) is 77.0 Å². The van der Waals surface area contributed by atoms with Crippen LogP contribution in [0.25, 0.3) is 0 Å². The SMILES string of the molecule is O=C(O)C1=CCCC1.O=C(O)C1=CCCCC1.O=C(O)C1CCC1.O=C(O)C1CCOCC1.O=C(O)c1cccs1.O=C(O)c1ccoc1.O=C(O)c1csc(Cl)c1. The average Bonchev–Trinajstić information content (AvgIpc) is 4.02. The third kappa shape index (κ3) is 22.4.